The van der Waals surface area contributed by atoms with Crippen LogP contribution in [0.2, 0.25) is 0 Å². The fourth-order valence-corrected chi connectivity index (χ4v) is 3.40. The molecule has 0 saturated carbocycles. The first kappa shape index (κ1) is 18.5. The van der Waals surface area contributed by atoms with E-state index < -0.39 is 5.97 Å². The van der Waals surface area contributed by atoms with Crippen molar-refractivity contribution >= 4 is 40.0 Å². The van der Waals surface area contributed by atoms with Crippen LogP contribution >= 0.6 is 11.3 Å². The zero-order chi connectivity index (χ0) is 20.2. The normalized spacial score (nSPS) is 11.2. The SMILES string of the molecule is COc1cc(/C=C(\C#N)c2nc3ccccc3[nH]2)ccc1OC(=O)c1cccs1. The number of ether oxygens (including phenoxy) is 2. The third kappa shape index (κ3) is 3.88. The first-order chi connectivity index (χ1) is 14.2. The van der Waals surface area contributed by atoms with E-state index in [9.17, 15) is 10.1 Å². The number of aromatic nitrogens is 2. The third-order valence-electron chi connectivity index (χ3n) is 4.19. The van der Waals surface area contributed by atoms with E-state index in [4.69, 9.17) is 9.47 Å². The second kappa shape index (κ2) is 8.00. The van der Waals surface area contributed by atoms with Gasteiger partial charge in [0.15, 0.2) is 11.5 Å². The first-order valence-electron chi connectivity index (χ1n) is 8.68. The molecule has 0 aliphatic carbocycles. The minimum Gasteiger partial charge on any atom is -0.493 e. The summed E-state index contributed by atoms with van der Waals surface area (Å²) in [5.74, 6) is 0.748. The van der Waals surface area contributed by atoms with Crippen LogP contribution < -0.4 is 9.47 Å². The molecule has 2 aromatic carbocycles. The van der Waals surface area contributed by atoms with Crippen molar-refractivity contribution in [2.45, 2.75) is 0 Å². The average Bonchev–Trinajstić information content (AvgIpc) is 3.42. The van der Waals surface area contributed by atoms with Gasteiger partial charge in [-0.15, -0.1) is 11.3 Å². The lowest BCUT2D eigenvalue weighted by Gasteiger charge is -2.09. The summed E-state index contributed by atoms with van der Waals surface area (Å²) in [6.07, 6.45) is 1.70. The molecule has 0 amide bonds. The first-order valence-corrected chi connectivity index (χ1v) is 9.56. The highest BCUT2D eigenvalue weighted by molar-refractivity contribution is 7.12. The highest BCUT2D eigenvalue weighted by Gasteiger charge is 2.14. The third-order valence-corrected chi connectivity index (χ3v) is 5.04. The average molecular weight is 401 g/mol. The molecule has 0 saturated heterocycles. The Labute approximate surface area is 170 Å². The summed E-state index contributed by atoms with van der Waals surface area (Å²) in [7, 11) is 1.50. The summed E-state index contributed by atoms with van der Waals surface area (Å²) in [5, 5.41) is 11.4. The molecule has 2 aromatic heterocycles. The van der Waals surface area contributed by atoms with Crippen molar-refractivity contribution in [3.05, 3.63) is 76.2 Å². The zero-order valence-electron chi connectivity index (χ0n) is 15.4. The number of nitriles is 1. The van der Waals surface area contributed by atoms with Gasteiger partial charge in [-0.05, 0) is 47.4 Å². The summed E-state index contributed by atoms with van der Waals surface area (Å²) in [4.78, 5) is 20.3. The van der Waals surface area contributed by atoms with Crippen LogP contribution in [0.4, 0.5) is 0 Å². The van der Waals surface area contributed by atoms with Gasteiger partial charge in [0, 0.05) is 0 Å². The smallest absolute Gasteiger partial charge is 0.353 e. The molecule has 0 fully saturated rings. The fourth-order valence-electron chi connectivity index (χ4n) is 2.80. The molecule has 0 spiro atoms. The van der Waals surface area contributed by atoms with Gasteiger partial charge in [-0.3, -0.25) is 0 Å². The van der Waals surface area contributed by atoms with Crippen LogP contribution in [0.3, 0.4) is 0 Å². The lowest BCUT2D eigenvalue weighted by molar-refractivity contribution is 0.0735. The Morgan fingerprint density at radius 1 is 1.17 bits per heavy atom. The van der Waals surface area contributed by atoms with Gasteiger partial charge in [-0.25, -0.2) is 9.78 Å². The van der Waals surface area contributed by atoms with Crippen LogP contribution in [0.25, 0.3) is 22.7 Å². The number of fused-ring (bicyclic) bond motifs is 1. The number of allylic oxidation sites excluding steroid dienone is 1. The Bertz CT molecular complexity index is 1220. The number of aromatic amines is 1. The van der Waals surface area contributed by atoms with E-state index in [0.717, 1.165) is 16.6 Å². The Morgan fingerprint density at radius 3 is 2.76 bits per heavy atom. The van der Waals surface area contributed by atoms with Crippen LogP contribution in [0.5, 0.6) is 11.5 Å². The zero-order valence-corrected chi connectivity index (χ0v) is 16.2. The molecule has 4 rings (SSSR count). The number of esters is 1. The molecule has 0 unspecified atom stereocenters. The van der Waals surface area contributed by atoms with Gasteiger partial charge < -0.3 is 14.5 Å². The number of hydrogen-bond acceptors (Lipinski definition) is 6. The molecule has 29 heavy (non-hydrogen) atoms. The molecule has 0 radical (unpaired) electrons. The number of nitrogens with one attached hydrogen (secondary N) is 1. The molecule has 142 valence electrons. The van der Waals surface area contributed by atoms with Crippen LogP contribution in [0.1, 0.15) is 21.1 Å². The van der Waals surface area contributed by atoms with Crippen molar-refractivity contribution in [1.82, 2.24) is 9.97 Å². The number of H-pyrrole nitrogens is 1. The number of methoxy groups -OCH3 is 1. The molecule has 7 heteroatoms. The van der Waals surface area contributed by atoms with Crippen LogP contribution in [0, 0.1) is 11.3 Å². The summed E-state index contributed by atoms with van der Waals surface area (Å²) >= 11 is 1.31. The maximum Gasteiger partial charge on any atom is 0.353 e. The van der Waals surface area contributed by atoms with E-state index in [1.54, 1.807) is 36.4 Å². The second-order valence-corrected chi connectivity index (χ2v) is 7.00. The van der Waals surface area contributed by atoms with Gasteiger partial charge in [0.05, 0.1) is 23.7 Å². The van der Waals surface area contributed by atoms with Gasteiger partial charge in [-0.2, -0.15) is 5.26 Å². The molecule has 2 heterocycles. The lowest BCUT2D eigenvalue weighted by Crippen LogP contribution is -2.07. The minimum absolute atomic E-state index is 0.310. The van der Waals surface area contributed by atoms with Crippen molar-refractivity contribution in [1.29, 1.82) is 5.26 Å². The van der Waals surface area contributed by atoms with Gasteiger partial charge in [0.2, 0.25) is 0 Å². The Hall–Kier alpha value is -3.89. The number of nitrogens with zero attached hydrogens (tertiary/aromatic N) is 2. The molecule has 1 N–H and O–H groups in total. The maximum atomic E-state index is 12.2. The van der Waals surface area contributed by atoms with Gasteiger partial charge in [0.25, 0.3) is 0 Å². The summed E-state index contributed by atoms with van der Waals surface area (Å²) in [6.45, 7) is 0. The van der Waals surface area contributed by atoms with Crippen LogP contribution in [-0.2, 0) is 0 Å². The second-order valence-electron chi connectivity index (χ2n) is 6.05. The molecular weight excluding hydrogens is 386 g/mol. The van der Waals surface area contributed by atoms with Gasteiger partial charge >= 0.3 is 5.97 Å². The standard InChI is InChI=1S/C22H15N3O3S/c1-27-19-12-14(8-9-18(19)28-22(26)20-7-4-10-29-20)11-15(13-23)21-24-16-5-2-3-6-17(16)25-21/h2-12H,1H3,(H,24,25)/b15-11+. The summed E-state index contributed by atoms with van der Waals surface area (Å²) in [5.41, 5.74) is 2.75. The Kier molecular flexibility index (Phi) is 5.10. The van der Waals surface area contributed by atoms with E-state index in [1.807, 2.05) is 29.6 Å². The van der Waals surface area contributed by atoms with Gasteiger partial charge in [0.1, 0.15) is 16.8 Å². The van der Waals surface area contributed by atoms with E-state index in [-0.39, 0.29) is 0 Å². The lowest BCUT2D eigenvalue weighted by atomic mass is 10.1. The van der Waals surface area contributed by atoms with Crippen molar-refractivity contribution < 1.29 is 14.3 Å². The Morgan fingerprint density at radius 2 is 2.03 bits per heavy atom. The molecule has 0 atom stereocenters. The van der Waals surface area contributed by atoms with Crippen molar-refractivity contribution in [2.24, 2.45) is 0 Å². The predicted molar refractivity (Wildman–Crippen MR) is 112 cm³/mol. The van der Waals surface area contributed by atoms with E-state index >= 15 is 0 Å². The number of benzene rings is 2. The molecule has 6 nitrogen and oxygen atoms in total. The maximum absolute atomic E-state index is 12.2. The fraction of sp³-hybridized carbons (Fsp3) is 0.0455. The predicted octanol–water partition coefficient (Wildman–Crippen LogP) is 4.92. The van der Waals surface area contributed by atoms with E-state index in [1.165, 1.54) is 18.4 Å². The number of carbonyl (C=O) groups excluding carboxylic acids is 1. The quantitative estimate of drug-likeness (QED) is 0.291. The number of carbonyl (C=O) groups is 1. The highest BCUT2D eigenvalue weighted by Crippen LogP contribution is 2.31. The molecule has 0 aliphatic rings. The van der Waals surface area contributed by atoms with Crippen molar-refractivity contribution in [2.75, 3.05) is 7.11 Å². The topological polar surface area (TPSA) is 88.0 Å². The molecular formula is C22H15N3O3S. The number of para-hydroxylation sites is 2. The van der Waals surface area contributed by atoms with Crippen molar-refractivity contribution in [3.8, 4) is 17.6 Å². The number of hydrogen-bond donors (Lipinski definition) is 1. The Balaban J connectivity index is 1.64. The summed E-state index contributed by atoms with van der Waals surface area (Å²) in [6, 6.07) is 18.3. The van der Waals surface area contributed by atoms with Crippen LogP contribution in [0.15, 0.2) is 60.0 Å². The number of rotatable bonds is 5. The molecule has 0 bridgehead atoms. The van der Waals surface area contributed by atoms with E-state index in [2.05, 4.69) is 16.0 Å². The number of imidazole rings is 1. The number of thiophene rings is 1. The minimum atomic E-state index is -0.443. The van der Waals surface area contributed by atoms with E-state index in [0.29, 0.717) is 27.8 Å². The monoisotopic (exact) mass is 401 g/mol. The molecule has 4 aromatic rings. The van der Waals surface area contributed by atoms with Crippen LogP contribution in [-0.4, -0.2) is 23.0 Å². The highest BCUT2D eigenvalue weighted by atomic mass is 32.1. The molecule has 0 aliphatic heterocycles. The largest absolute Gasteiger partial charge is 0.493 e. The van der Waals surface area contributed by atoms with Gasteiger partial charge in [-0.1, -0.05) is 24.3 Å². The van der Waals surface area contributed by atoms with Crippen molar-refractivity contribution in [3.63, 3.8) is 0 Å². The summed E-state index contributed by atoms with van der Waals surface area (Å²) < 4.78 is 10.8.